The van der Waals surface area contributed by atoms with Gasteiger partial charge in [0.1, 0.15) is 0 Å². The summed E-state index contributed by atoms with van der Waals surface area (Å²) in [6, 6.07) is 110. The molecule has 4 aliphatic rings. The average Bonchev–Trinajstić information content (AvgIpc) is 1.16. The summed E-state index contributed by atoms with van der Waals surface area (Å²) in [4.78, 5) is 14.1. The Bertz CT molecular complexity index is 5540. The summed E-state index contributed by atoms with van der Waals surface area (Å²) < 4.78 is 6.47. The van der Waals surface area contributed by atoms with Crippen LogP contribution in [0, 0.1) is 0 Å². The van der Waals surface area contributed by atoms with Gasteiger partial charge in [-0.05, 0) is 187 Å². The van der Waals surface area contributed by atoms with E-state index >= 15 is 0 Å². The molecule has 8 heterocycles. The predicted molar refractivity (Wildman–Crippen MR) is 392 cm³/mol. The molecule has 4 nitrogen and oxygen atoms in total. The third-order valence-electron chi connectivity index (χ3n) is 19.0. The van der Waals surface area contributed by atoms with Gasteiger partial charge in [-0.15, -0.1) is 45.3 Å². The van der Waals surface area contributed by atoms with E-state index < -0.39 is 0 Å². The molecule has 16 aromatic rings. The Kier molecular flexibility index (Phi) is 11.1. The molecule has 0 saturated carbocycles. The third kappa shape index (κ3) is 7.54. The van der Waals surface area contributed by atoms with Gasteiger partial charge in [0.2, 0.25) is 0 Å². The van der Waals surface area contributed by atoms with Crippen LogP contribution in [0.15, 0.2) is 291 Å². The monoisotopic (exact) mass is 1210 g/mol. The summed E-state index contributed by atoms with van der Waals surface area (Å²) in [7, 11) is 0. The molecular formula is C80H48B2N4S4. The maximum Gasteiger partial charge on any atom is 0.264 e. The molecule has 0 radical (unpaired) electrons. The van der Waals surface area contributed by atoms with E-state index in [0.29, 0.717) is 0 Å². The van der Waals surface area contributed by atoms with Crippen LogP contribution >= 0.6 is 45.3 Å². The van der Waals surface area contributed by atoms with Crippen LogP contribution in [0.3, 0.4) is 0 Å². The highest BCUT2D eigenvalue weighted by Crippen LogP contribution is 2.53. The second-order valence-corrected chi connectivity index (χ2v) is 28.2. The first-order chi connectivity index (χ1) is 44.6. The molecule has 0 spiro atoms. The number of anilines is 12. The Balaban J connectivity index is 0.866. The quantitative estimate of drug-likeness (QED) is 0.147. The van der Waals surface area contributed by atoms with Gasteiger partial charge in [-0.25, -0.2) is 0 Å². The van der Waals surface area contributed by atoms with Crippen LogP contribution in [0.25, 0.3) is 71.7 Å². The average molecular weight is 1220 g/mol. The van der Waals surface area contributed by atoms with Crippen molar-refractivity contribution in [3.05, 3.63) is 291 Å². The van der Waals surface area contributed by atoms with Gasteiger partial charge in [-0.3, -0.25) is 0 Å². The SMILES string of the molecule is c1ccc(-c2cc3c(s2)B2c4cc5c(cc4N(c4ccccc4)c4cc(-c6cc7ccccc7s6)cc(c42)N3c2ccccc2)sc2cc3c(cc25)B2c4ccccc4N(c4ccccc4)c4cc(-c5cc6ccccc6s5)cc(c42)N3c2ccccc2)cc1. The number of thiophene rings is 4. The van der Waals surface area contributed by atoms with Crippen molar-refractivity contribution in [1.82, 2.24) is 0 Å². The zero-order chi connectivity index (χ0) is 58.7. The molecule has 90 heavy (non-hydrogen) atoms. The normalized spacial score (nSPS) is 13.4. The Morgan fingerprint density at radius 2 is 0.622 bits per heavy atom. The van der Waals surface area contributed by atoms with Crippen LogP contribution in [-0.2, 0) is 0 Å². The highest BCUT2D eigenvalue weighted by molar-refractivity contribution is 7.31. The van der Waals surface area contributed by atoms with Crippen LogP contribution in [0.1, 0.15) is 0 Å². The number of hydrogen-bond acceptors (Lipinski definition) is 8. The van der Waals surface area contributed by atoms with Gasteiger partial charge in [-0.2, -0.15) is 0 Å². The fraction of sp³-hybridized carbons (Fsp3) is 0. The van der Waals surface area contributed by atoms with Crippen molar-refractivity contribution >= 4 is 199 Å². The molecule has 4 aliphatic heterocycles. The van der Waals surface area contributed by atoms with Crippen LogP contribution in [0.5, 0.6) is 0 Å². The van der Waals surface area contributed by atoms with E-state index in [-0.39, 0.29) is 13.4 Å². The van der Waals surface area contributed by atoms with Crippen molar-refractivity contribution < 1.29 is 0 Å². The van der Waals surface area contributed by atoms with Crippen LogP contribution in [0.4, 0.5) is 68.2 Å². The van der Waals surface area contributed by atoms with E-state index in [9.17, 15) is 0 Å². The lowest BCUT2D eigenvalue weighted by molar-refractivity contribution is 1.26. The van der Waals surface area contributed by atoms with Crippen LogP contribution in [-0.4, -0.2) is 13.4 Å². The first-order valence-corrected chi connectivity index (χ1v) is 34.0. The second-order valence-electron chi connectivity index (χ2n) is 23.9. The molecule has 0 atom stereocenters. The number of benzene rings is 12. The summed E-state index contributed by atoms with van der Waals surface area (Å²) >= 11 is 7.63. The van der Waals surface area contributed by atoms with Gasteiger partial charge in [0.15, 0.2) is 0 Å². The molecule has 4 aromatic heterocycles. The lowest BCUT2D eigenvalue weighted by Gasteiger charge is -2.44. The largest absolute Gasteiger partial charge is 0.311 e. The standard InChI is InChI=1S/C80H48B2N4S4/c1-6-22-49(23-7-1)75-48-70-80(90-75)82-62-45-59-58-44-61-64(84(55-28-10-3-11-29-55)67-39-52(73-42-50-24-16-20-36-71(50)87-73)38-66-78(67)81(61)60-34-18-19-35-63(60)83(66)54-26-8-2-9-27-54)46-76(58)89-77(59)47-65(62)85(56-30-12-4-13-31-56)68-40-53(74-43-51-25-17-21-37-72(51)88-74)41-69(79(68)82)86(70)57-32-14-5-15-33-57/h1-48H. The summed E-state index contributed by atoms with van der Waals surface area (Å²) in [5.41, 5.74) is 24.5. The van der Waals surface area contributed by atoms with E-state index in [0.717, 1.165) is 22.7 Å². The molecule has 0 saturated heterocycles. The van der Waals surface area contributed by atoms with E-state index in [1.807, 2.05) is 45.3 Å². The Morgan fingerprint density at radius 3 is 1.11 bits per heavy atom. The molecule has 0 unspecified atom stereocenters. The molecule has 0 bridgehead atoms. The van der Waals surface area contributed by atoms with Crippen molar-refractivity contribution in [2.24, 2.45) is 0 Å². The Morgan fingerprint density at radius 1 is 0.233 bits per heavy atom. The Labute approximate surface area is 537 Å². The number of para-hydroxylation sites is 5. The van der Waals surface area contributed by atoms with Gasteiger partial charge < -0.3 is 19.6 Å². The maximum atomic E-state index is 2.62. The molecule has 0 N–H and O–H groups in total. The number of nitrogens with zero attached hydrogens (tertiary/aromatic N) is 4. The van der Waals surface area contributed by atoms with E-state index in [4.69, 9.17) is 0 Å². The molecular weight excluding hydrogens is 1170 g/mol. The number of rotatable bonds is 7. The fourth-order valence-electron chi connectivity index (χ4n) is 15.1. The third-order valence-corrected chi connectivity index (χ3v) is 23.6. The molecule has 12 aromatic carbocycles. The number of hydrogen-bond donors (Lipinski definition) is 0. The summed E-state index contributed by atoms with van der Waals surface area (Å²) in [6.07, 6.45) is 0. The van der Waals surface area contributed by atoms with Gasteiger partial charge in [0.05, 0.1) is 5.69 Å². The summed E-state index contributed by atoms with van der Waals surface area (Å²) in [6.45, 7) is -0.122. The smallest absolute Gasteiger partial charge is 0.264 e. The van der Waals surface area contributed by atoms with Crippen molar-refractivity contribution in [2.45, 2.75) is 0 Å². The van der Waals surface area contributed by atoms with Gasteiger partial charge >= 0.3 is 0 Å². The molecule has 0 amide bonds. The van der Waals surface area contributed by atoms with E-state index in [2.05, 4.69) is 311 Å². The van der Waals surface area contributed by atoms with Crippen molar-refractivity contribution in [2.75, 3.05) is 19.6 Å². The van der Waals surface area contributed by atoms with Crippen molar-refractivity contribution in [3.8, 4) is 31.3 Å². The molecule has 0 fully saturated rings. The van der Waals surface area contributed by atoms with Gasteiger partial charge in [-0.1, -0.05) is 170 Å². The highest BCUT2D eigenvalue weighted by Gasteiger charge is 2.47. The zero-order valence-electron chi connectivity index (χ0n) is 48.3. The van der Waals surface area contributed by atoms with Gasteiger partial charge in [0.25, 0.3) is 13.4 Å². The molecule has 0 aliphatic carbocycles. The van der Waals surface area contributed by atoms with Crippen LogP contribution in [0.2, 0.25) is 0 Å². The molecule has 10 heteroatoms. The fourth-order valence-corrected chi connectivity index (χ4v) is 19.7. The van der Waals surface area contributed by atoms with Crippen LogP contribution < -0.4 is 51.7 Å². The van der Waals surface area contributed by atoms with E-state index in [1.54, 1.807) is 0 Å². The van der Waals surface area contributed by atoms with Crippen molar-refractivity contribution in [1.29, 1.82) is 0 Å². The minimum absolute atomic E-state index is 0.0555. The Hall–Kier alpha value is -10.2. The van der Waals surface area contributed by atoms with Crippen molar-refractivity contribution in [3.63, 3.8) is 0 Å². The van der Waals surface area contributed by atoms with E-state index in [1.165, 1.54) is 149 Å². The first-order valence-electron chi connectivity index (χ1n) is 30.7. The predicted octanol–water partition coefficient (Wildman–Crippen LogP) is 19.7. The second kappa shape index (κ2) is 19.7. The molecule has 418 valence electrons. The lowest BCUT2D eigenvalue weighted by atomic mass is 9.33. The molecule has 20 rings (SSSR count). The minimum atomic E-state index is -0.0665. The lowest BCUT2D eigenvalue weighted by Crippen LogP contribution is -2.61. The topological polar surface area (TPSA) is 13.0 Å². The number of fused-ring (bicyclic) bond motifs is 13. The van der Waals surface area contributed by atoms with Gasteiger partial charge in [0, 0.05) is 101 Å². The summed E-state index contributed by atoms with van der Waals surface area (Å²) in [5, 5.41) is 5.11. The zero-order valence-corrected chi connectivity index (χ0v) is 51.6. The maximum absolute atomic E-state index is 2.62. The summed E-state index contributed by atoms with van der Waals surface area (Å²) in [5.74, 6) is 0. The highest BCUT2D eigenvalue weighted by atomic mass is 32.1. The first kappa shape index (κ1) is 50.8. The minimum Gasteiger partial charge on any atom is -0.311 e.